The molecule has 4 atom stereocenters. The molecular weight excluding hydrogens is 486 g/mol. The zero-order valence-corrected chi connectivity index (χ0v) is 23.5. The molecule has 0 aliphatic carbocycles. The van der Waals surface area contributed by atoms with Gasteiger partial charge in [0.05, 0.1) is 18.3 Å². The molecular formula is C33H75N3O3. The van der Waals surface area contributed by atoms with Crippen LogP contribution in [0.25, 0.3) is 5.01 Å². The maximum absolute atomic E-state index is 8.81. The maximum atomic E-state index is 8.81. The third-order valence-corrected chi connectivity index (χ3v) is 6.91. The van der Waals surface area contributed by atoms with Gasteiger partial charge in [0.1, 0.15) is 11.7 Å². The fraction of sp³-hybridized carbons (Fsp3) is 0.848. The molecule has 2 rings (SSSR count). The molecule has 2 aliphatic heterocycles. The van der Waals surface area contributed by atoms with Gasteiger partial charge in [0.2, 0.25) is 0 Å². The van der Waals surface area contributed by atoms with E-state index in [-0.39, 0.29) is 55.6 Å². The smallest absolute Gasteiger partial charge is 0.294 e. The topological polar surface area (TPSA) is 70.6 Å². The highest BCUT2D eigenvalue weighted by Gasteiger charge is 2.41. The lowest BCUT2D eigenvalue weighted by atomic mass is 9.77. The quantitative estimate of drug-likeness (QED) is 0.239. The van der Waals surface area contributed by atoms with Gasteiger partial charge < -0.3 is 14.9 Å². The van der Waals surface area contributed by atoms with E-state index in [1.165, 1.54) is 25.3 Å². The Labute approximate surface area is 248 Å². The standard InChI is InChI=1S/2C9H17NO.C7H14.C2H3NO.6CH4/c1-5-8-9(4,6-2)7(3)10-11-8;1-5-8-7(3)10-11-9(8,4)6-2;1-4-6-7(3)5-2;1-2-3-4;;;;;;/h2*8H,5-6H2,1-4H3;6H,4-5H2,1-3H3;1H3;6*1H4/b;;7-6-;;;;;;;. The van der Waals surface area contributed by atoms with Crippen LogP contribution in [-0.4, -0.2) is 23.1 Å². The number of rotatable bonds is 6. The van der Waals surface area contributed by atoms with Crippen molar-refractivity contribution >= 4 is 11.4 Å². The van der Waals surface area contributed by atoms with Crippen molar-refractivity contribution in [2.75, 3.05) is 0 Å². The van der Waals surface area contributed by atoms with E-state index in [1.807, 2.05) is 6.07 Å². The van der Waals surface area contributed by atoms with Gasteiger partial charge in [-0.3, -0.25) is 0 Å². The second kappa shape index (κ2) is 30.5. The second-order valence-corrected chi connectivity index (χ2v) is 9.03. The number of oxime groups is 2. The first-order valence-electron chi connectivity index (χ1n) is 12.6. The van der Waals surface area contributed by atoms with E-state index >= 15 is 0 Å². The predicted molar refractivity (Wildman–Crippen MR) is 184 cm³/mol. The molecule has 2 heterocycles. The van der Waals surface area contributed by atoms with E-state index in [4.69, 9.17) is 14.9 Å². The van der Waals surface area contributed by atoms with Gasteiger partial charge in [-0.1, -0.05) is 115 Å². The zero-order chi connectivity index (χ0) is 26.1. The first-order valence-corrected chi connectivity index (χ1v) is 12.6. The van der Waals surface area contributed by atoms with Crippen LogP contribution in [0.5, 0.6) is 0 Å². The first-order chi connectivity index (χ1) is 15.5. The summed E-state index contributed by atoms with van der Waals surface area (Å²) < 4.78 is 0. The van der Waals surface area contributed by atoms with Crippen LogP contribution in [0.4, 0.5) is 0 Å². The summed E-state index contributed by atoms with van der Waals surface area (Å²) in [7, 11) is 0. The third-order valence-electron chi connectivity index (χ3n) is 6.91. The molecule has 0 radical (unpaired) electrons. The Morgan fingerprint density at radius 1 is 0.923 bits per heavy atom. The lowest BCUT2D eigenvalue weighted by Gasteiger charge is -2.26. The molecule has 0 aromatic heterocycles. The van der Waals surface area contributed by atoms with Crippen LogP contribution in [0.3, 0.4) is 0 Å². The number of nitrogens with zero attached hydrogens (tertiary/aromatic N) is 3. The maximum Gasteiger partial charge on any atom is 0.294 e. The van der Waals surface area contributed by atoms with Crippen LogP contribution >= 0.6 is 0 Å². The van der Waals surface area contributed by atoms with E-state index in [2.05, 4.69) is 97.6 Å². The van der Waals surface area contributed by atoms with Gasteiger partial charge in [-0.25, -0.2) is 0 Å². The Morgan fingerprint density at radius 3 is 1.64 bits per heavy atom. The van der Waals surface area contributed by atoms with Crippen LogP contribution in [0.15, 0.2) is 22.0 Å². The van der Waals surface area contributed by atoms with Crippen LogP contribution in [-0.2, 0) is 9.68 Å². The SMILES string of the molecule is C.C.C.C.C.C.CC#[N+][O-].CC/C=C(/C)CC.CCC1C(C)=NOC1(C)CC.CCC1ON=C(C)C1(C)CC. The van der Waals surface area contributed by atoms with Gasteiger partial charge in [0.25, 0.3) is 6.07 Å². The van der Waals surface area contributed by atoms with Gasteiger partial charge >= 0.3 is 0 Å². The van der Waals surface area contributed by atoms with Crippen molar-refractivity contribution in [3.8, 4) is 6.07 Å². The van der Waals surface area contributed by atoms with E-state index in [1.54, 1.807) is 0 Å². The van der Waals surface area contributed by atoms with E-state index < -0.39 is 0 Å². The molecule has 0 N–H and O–H groups in total. The Kier molecular flexibility index (Phi) is 44.6. The van der Waals surface area contributed by atoms with Crippen LogP contribution < -0.4 is 0 Å². The summed E-state index contributed by atoms with van der Waals surface area (Å²) in [4.78, 5) is 10.7. The summed E-state index contributed by atoms with van der Waals surface area (Å²) in [6.45, 7) is 25.1. The minimum atomic E-state index is -0.0289. The van der Waals surface area contributed by atoms with Crippen molar-refractivity contribution in [1.82, 2.24) is 0 Å². The van der Waals surface area contributed by atoms with Gasteiger partial charge in [-0.15, -0.1) is 0 Å². The van der Waals surface area contributed by atoms with Crippen molar-refractivity contribution in [2.24, 2.45) is 21.6 Å². The summed E-state index contributed by atoms with van der Waals surface area (Å²) in [5.41, 5.74) is 3.96. The number of hydrogen-bond donors (Lipinski definition) is 0. The molecule has 0 saturated carbocycles. The van der Waals surface area contributed by atoms with E-state index in [9.17, 15) is 0 Å². The molecule has 0 fully saturated rings. The van der Waals surface area contributed by atoms with Gasteiger partial charge in [0.15, 0.2) is 0 Å². The highest BCUT2D eigenvalue weighted by molar-refractivity contribution is 5.88. The molecule has 240 valence electrons. The molecule has 6 nitrogen and oxygen atoms in total. The molecule has 0 saturated heterocycles. The van der Waals surface area contributed by atoms with E-state index in [0.29, 0.717) is 12.0 Å². The number of allylic oxidation sites excluding steroid dienone is 2. The average molecular weight is 562 g/mol. The summed E-state index contributed by atoms with van der Waals surface area (Å²) >= 11 is 0. The zero-order valence-electron chi connectivity index (χ0n) is 23.5. The lowest BCUT2D eigenvalue weighted by Crippen LogP contribution is -2.33. The van der Waals surface area contributed by atoms with Gasteiger partial charge in [-0.2, -0.15) is 0 Å². The Hall–Kier alpha value is -2.03. The molecule has 0 spiro atoms. The van der Waals surface area contributed by atoms with Crippen molar-refractivity contribution in [3.05, 3.63) is 21.9 Å². The molecule has 0 bridgehead atoms. The van der Waals surface area contributed by atoms with Crippen LogP contribution in [0, 0.1) is 22.6 Å². The van der Waals surface area contributed by atoms with E-state index in [0.717, 1.165) is 37.1 Å². The minimum Gasteiger partial charge on any atom is -0.498 e. The lowest BCUT2D eigenvalue weighted by molar-refractivity contribution is -0.0332. The summed E-state index contributed by atoms with van der Waals surface area (Å²) in [6, 6.07) is 2.00. The van der Waals surface area contributed by atoms with Crippen LogP contribution in [0.1, 0.15) is 166 Å². The van der Waals surface area contributed by atoms with Crippen molar-refractivity contribution in [2.45, 2.75) is 178 Å². The molecule has 39 heavy (non-hydrogen) atoms. The Bertz CT molecular complexity index is 686. The predicted octanol–water partition coefficient (Wildman–Crippen LogP) is 12.6. The minimum absolute atomic E-state index is 0. The summed E-state index contributed by atoms with van der Waals surface area (Å²) in [5, 5.41) is 19.1. The second-order valence-electron chi connectivity index (χ2n) is 9.03. The molecule has 4 unspecified atom stereocenters. The van der Waals surface area contributed by atoms with Gasteiger partial charge in [0, 0.05) is 16.3 Å². The highest BCUT2D eigenvalue weighted by Crippen LogP contribution is 2.36. The fourth-order valence-corrected chi connectivity index (χ4v) is 3.88. The summed E-state index contributed by atoms with van der Waals surface area (Å²) in [5.74, 6) is 0.521. The normalized spacial score (nSPS) is 23.2. The fourth-order valence-electron chi connectivity index (χ4n) is 3.88. The van der Waals surface area contributed by atoms with Crippen molar-refractivity contribution in [1.29, 1.82) is 0 Å². The van der Waals surface area contributed by atoms with Crippen molar-refractivity contribution in [3.63, 3.8) is 0 Å². The van der Waals surface area contributed by atoms with Crippen molar-refractivity contribution < 1.29 is 9.68 Å². The van der Waals surface area contributed by atoms with Gasteiger partial charge in [-0.05, 0) is 66.2 Å². The monoisotopic (exact) mass is 562 g/mol. The first kappa shape index (κ1) is 57.0. The summed E-state index contributed by atoms with van der Waals surface area (Å²) in [6.07, 6.45) is 9.26. The molecule has 2 aliphatic rings. The Balaban J connectivity index is -0.0000000547. The molecule has 6 heteroatoms. The third kappa shape index (κ3) is 18.8. The Morgan fingerprint density at radius 2 is 1.41 bits per heavy atom. The van der Waals surface area contributed by atoms with Crippen LogP contribution in [0.2, 0.25) is 0 Å². The molecule has 0 aromatic carbocycles. The highest BCUT2D eigenvalue weighted by atomic mass is 16.7. The molecule has 0 aromatic rings. The average Bonchev–Trinajstić information content (AvgIpc) is 3.29. The largest absolute Gasteiger partial charge is 0.498 e. The number of hydrogen-bond acceptors (Lipinski definition) is 5. The molecule has 0 amide bonds.